The number of rotatable bonds is 0. The van der Waals surface area contributed by atoms with Gasteiger partial charge in [0.2, 0.25) is 0 Å². The zero-order valence-corrected chi connectivity index (χ0v) is 3.53. The van der Waals surface area contributed by atoms with Crippen LogP contribution < -0.4 is 0 Å². The summed E-state index contributed by atoms with van der Waals surface area (Å²) in [4.78, 5) is 0. The lowest BCUT2D eigenvalue weighted by Crippen LogP contribution is -1.82. The fourth-order valence-electron chi connectivity index (χ4n) is 0.828. The van der Waals surface area contributed by atoms with Crippen LogP contribution in [0.2, 0.25) is 0 Å². The molecule has 0 atom stereocenters. The first kappa shape index (κ1) is 2.67. The van der Waals surface area contributed by atoms with Crippen molar-refractivity contribution >= 4 is 0 Å². The first-order valence-corrected chi connectivity index (χ1v) is 2.30. The molecule has 0 aromatic carbocycles. The van der Waals surface area contributed by atoms with E-state index in [4.69, 9.17) is 4.74 Å². The minimum atomic E-state index is 0.963. The molecule has 0 aromatic rings. The molecule has 1 aliphatic heterocycles. The molecule has 0 amide bonds. The summed E-state index contributed by atoms with van der Waals surface area (Å²) in [6.45, 7) is 0.963. The van der Waals surface area contributed by atoms with Crippen LogP contribution >= 0.6 is 0 Å². The van der Waals surface area contributed by atoms with E-state index in [-0.39, 0.29) is 0 Å². The predicted octanol–water partition coefficient (Wildman–Crippen LogP) is 1.06. The Bertz CT molecular complexity index is 101. The van der Waals surface area contributed by atoms with Crippen LogP contribution in [0.4, 0.5) is 0 Å². The van der Waals surface area contributed by atoms with Crippen molar-refractivity contribution in [2.24, 2.45) is 0 Å². The Morgan fingerprint density at radius 2 is 2.50 bits per heavy atom. The summed E-state index contributed by atoms with van der Waals surface area (Å²) >= 11 is 0. The number of hydrogen-bond acceptors (Lipinski definition) is 1. The van der Waals surface area contributed by atoms with Crippen molar-refractivity contribution in [3.8, 4) is 0 Å². The molecular formula is C5H6O. The largest absolute Gasteiger partial charge is 0.497 e. The zero-order valence-electron chi connectivity index (χ0n) is 3.53. The van der Waals surface area contributed by atoms with Gasteiger partial charge in [-0.3, -0.25) is 0 Å². The van der Waals surface area contributed by atoms with Gasteiger partial charge in [-0.05, 0) is 5.57 Å². The molecule has 0 spiro atoms. The lowest BCUT2D eigenvalue weighted by Gasteiger charge is -1.91. The van der Waals surface area contributed by atoms with E-state index in [0.717, 1.165) is 6.61 Å². The Labute approximate surface area is 36.6 Å². The molecule has 2 rings (SSSR count). The van der Waals surface area contributed by atoms with E-state index in [1.54, 1.807) is 5.57 Å². The van der Waals surface area contributed by atoms with Crippen LogP contribution in [0.1, 0.15) is 12.8 Å². The maximum Gasteiger partial charge on any atom is 0.0999 e. The monoisotopic (exact) mass is 82.0 g/mol. The average Bonchev–Trinajstić information content (AvgIpc) is 2.17. The highest BCUT2D eigenvalue weighted by Gasteiger charge is 2.27. The molecule has 32 valence electrons. The summed E-state index contributed by atoms with van der Waals surface area (Å²) < 4.78 is 5.11. The quantitative estimate of drug-likeness (QED) is 0.424. The lowest BCUT2D eigenvalue weighted by atomic mass is 10.4. The predicted molar refractivity (Wildman–Crippen MR) is 22.2 cm³/mol. The molecule has 2 aliphatic rings. The Hall–Kier alpha value is -0.460. The van der Waals surface area contributed by atoms with Crippen LogP contribution in [0.3, 0.4) is 0 Å². The minimum Gasteiger partial charge on any atom is -0.497 e. The smallest absolute Gasteiger partial charge is 0.0999 e. The van der Waals surface area contributed by atoms with Crippen LogP contribution in [-0.4, -0.2) is 6.61 Å². The van der Waals surface area contributed by atoms with Gasteiger partial charge in [0.1, 0.15) is 0 Å². The molecule has 0 unspecified atom stereocenters. The highest BCUT2D eigenvalue weighted by atomic mass is 16.5. The highest BCUT2D eigenvalue weighted by molar-refractivity contribution is 5.32. The van der Waals surface area contributed by atoms with Gasteiger partial charge in [0.25, 0.3) is 0 Å². The van der Waals surface area contributed by atoms with Crippen molar-refractivity contribution in [2.75, 3.05) is 6.61 Å². The topological polar surface area (TPSA) is 9.23 Å². The van der Waals surface area contributed by atoms with E-state index in [2.05, 4.69) is 0 Å². The Morgan fingerprint density at radius 3 is 2.67 bits per heavy atom. The lowest BCUT2D eigenvalue weighted by molar-refractivity contribution is 0.242. The van der Waals surface area contributed by atoms with Crippen LogP contribution in [-0.2, 0) is 4.74 Å². The molecule has 6 heavy (non-hydrogen) atoms. The number of ether oxygens (including phenoxy) is 1. The summed E-state index contributed by atoms with van der Waals surface area (Å²) in [5, 5.41) is 0. The number of allylic oxidation sites excluding steroid dienone is 1. The maximum absolute atomic E-state index is 5.11. The van der Waals surface area contributed by atoms with E-state index < -0.39 is 0 Å². The van der Waals surface area contributed by atoms with Crippen LogP contribution in [0.15, 0.2) is 11.3 Å². The molecule has 0 saturated heterocycles. The average molecular weight is 82.1 g/mol. The molecule has 0 fully saturated rings. The van der Waals surface area contributed by atoms with E-state index in [1.165, 1.54) is 18.6 Å². The fraction of sp³-hybridized carbons (Fsp3) is 0.600. The minimum absolute atomic E-state index is 0.963. The van der Waals surface area contributed by atoms with Gasteiger partial charge in [-0.2, -0.15) is 0 Å². The fourth-order valence-corrected chi connectivity index (χ4v) is 0.828. The summed E-state index contributed by atoms with van der Waals surface area (Å²) in [5.41, 5.74) is 1.56. The molecular weight excluding hydrogens is 76.1 g/mol. The van der Waals surface area contributed by atoms with Gasteiger partial charge in [0, 0.05) is 12.8 Å². The van der Waals surface area contributed by atoms with Crippen molar-refractivity contribution in [3.63, 3.8) is 0 Å². The maximum atomic E-state index is 5.11. The first-order valence-electron chi connectivity index (χ1n) is 2.30. The van der Waals surface area contributed by atoms with E-state index in [1.807, 2.05) is 0 Å². The van der Waals surface area contributed by atoms with Crippen molar-refractivity contribution in [2.45, 2.75) is 12.8 Å². The molecule has 1 heterocycles. The van der Waals surface area contributed by atoms with Gasteiger partial charge < -0.3 is 4.74 Å². The standard InChI is InChI=1S/C5H6O/c1-2-6-5-3-4(1)5/h1-3H2. The van der Waals surface area contributed by atoms with Gasteiger partial charge >= 0.3 is 0 Å². The zero-order chi connectivity index (χ0) is 3.98. The summed E-state index contributed by atoms with van der Waals surface area (Å²) in [7, 11) is 0. The second-order valence-corrected chi connectivity index (χ2v) is 1.80. The third-order valence-electron chi connectivity index (χ3n) is 1.32. The normalized spacial score (nSPS) is 26.7. The second-order valence-electron chi connectivity index (χ2n) is 1.80. The Balaban J connectivity index is 2.29. The van der Waals surface area contributed by atoms with Crippen LogP contribution in [0, 0.1) is 0 Å². The molecule has 0 N–H and O–H groups in total. The van der Waals surface area contributed by atoms with Crippen molar-refractivity contribution in [3.05, 3.63) is 11.3 Å². The Kier molecular flexibility index (Phi) is 0.278. The van der Waals surface area contributed by atoms with E-state index in [0.29, 0.717) is 0 Å². The van der Waals surface area contributed by atoms with Crippen LogP contribution in [0.5, 0.6) is 0 Å². The highest BCUT2D eigenvalue weighted by Crippen LogP contribution is 2.39. The summed E-state index contributed by atoms with van der Waals surface area (Å²) in [6, 6.07) is 0. The molecule has 0 aromatic heterocycles. The van der Waals surface area contributed by atoms with Gasteiger partial charge in [0.05, 0.1) is 12.4 Å². The summed E-state index contributed by atoms with van der Waals surface area (Å²) in [5.74, 6) is 1.29. The molecule has 0 saturated carbocycles. The van der Waals surface area contributed by atoms with Gasteiger partial charge in [-0.1, -0.05) is 0 Å². The van der Waals surface area contributed by atoms with Crippen LogP contribution in [0.25, 0.3) is 0 Å². The molecule has 1 heteroatoms. The third-order valence-corrected chi connectivity index (χ3v) is 1.32. The molecule has 0 radical (unpaired) electrons. The molecule has 1 nitrogen and oxygen atoms in total. The third kappa shape index (κ3) is 0.171. The van der Waals surface area contributed by atoms with Crippen molar-refractivity contribution < 1.29 is 4.74 Å². The van der Waals surface area contributed by atoms with Gasteiger partial charge in [-0.15, -0.1) is 0 Å². The molecule has 1 aliphatic carbocycles. The van der Waals surface area contributed by atoms with Crippen molar-refractivity contribution in [1.29, 1.82) is 0 Å². The first-order chi connectivity index (χ1) is 2.97. The van der Waals surface area contributed by atoms with Gasteiger partial charge in [0.15, 0.2) is 0 Å². The second kappa shape index (κ2) is 0.625. The van der Waals surface area contributed by atoms with Gasteiger partial charge in [-0.25, -0.2) is 0 Å². The Morgan fingerprint density at radius 1 is 1.50 bits per heavy atom. The van der Waals surface area contributed by atoms with E-state index >= 15 is 0 Å². The van der Waals surface area contributed by atoms with E-state index in [9.17, 15) is 0 Å². The summed E-state index contributed by atoms with van der Waals surface area (Å²) in [6.07, 6.45) is 2.41. The molecule has 0 bridgehead atoms. The van der Waals surface area contributed by atoms with Crippen molar-refractivity contribution in [1.82, 2.24) is 0 Å². The number of hydrogen-bond donors (Lipinski definition) is 0. The SMILES string of the molecule is C1CC2=C(C2)O1.